The van der Waals surface area contributed by atoms with Crippen LogP contribution in [0.4, 0.5) is 10.1 Å². The number of nitrogens with zero attached hydrogens (tertiary/aromatic N) is 1. The number of ether oxygens (including phenoxy) is 1. The average molecular weight is 407 g/mol. The molecule has 5 nitrogen and oxygen atoms in total. The summed E-state index contributed by atoms with van der Waals surface area (Å²) in [6, 6.07) is 10.7. The zero-order chi connectivity index (χ0) is 20.1. The van der Waals surface area contributed by atoms with Crippen molar-refractivity contribution in [2.24, 2.45) is 5.92 Å². The van der Waals surface area contributed by atoms with E-state index >= 15 is 0 Å². The molecule has 0 bridgehead atoms. The molecule has 1 heterocycles. The van der Waals surface area contributed by atoms with E-state index in [1.807, 2.05) is 0 Å². The number of hydrogen-bond donors (Lipinski definition) is 2. The van der Waals surface area contributed by atoms with Gasteiger partial charge in [-0.1, -0.05) is 11.6 Å². The van der Waals surface area contributed by atoms with Gasteiger partial charge in [-0.25, -0.2) is 4.39 Å². The third kappa shape index (κ3) is 5.44. The van der Waals surface area contributed by atoms with Gasteiger partial charge in [-0.05, 0) is 68.4 Å². The highest BCUT2D eigenvalue weighted by atomic mass is 35.5. The van der Waals surface area contributed by atoms with Gasteiger partial charge in [0.1, 0.15) is 24.3 Å². The van der Waals surface area contributed by atoms with Crippen LogP contribution >= 0.6 is 11.6 Å². The summed E-state index contributed by atoms with van der Waals surface area (Å²) >= 11 is 5.86. The second-order valence-electron chi connectivity index (χ2n) is 7.09. The highest BCUT2D eigenvalue weighted by Gasteiger charge is 2.26. The van der Waals surface area contributed by atoms with Crippen molar-refractivity contribution in [2.75, 3.05) is 32.0 Å². The summed E-state index contributed by atoms with van der Waals surface area (Å²) in [5, 5.41) is 10.8. The maximum atomic E-state index is 13.0. The van der Waals surface area contributed by atoms with E-state index in [0.717, 1.165) is 13.1 Å². The number of likely N-dealkylation sites (tertiary alicyclic amines) is 1. The fraction of sp³-hybridized carbons (Fsp3) is 0.381. The van der Waals surface area contributed by atoms with Crippen molar-refractivity contribution in [1.29, 1.82) is 0 Å². The number of benzene rings is 2. The van der Waals surface area contributed by atoms with E-state index in [0.29, 0.717) is 41.4 Å². The summed E-state index contributed by atoms with van der Waals surface area (Å²) in [5.74, 6) is 0.140. The molecule has 0 aliphatic carbocycles. The van der Waals surface area contributed by atoms with E-state index in [1.165, 1.54) is 24.3 Å². The van der Waals surface area contributed by atoms with Crippen LogP contribution < -0.4 is 10.5 Å². The molecular formula is C21H24ClFN2O3. The molecule has 0 spiro atoms. The molecule has 0 aromatic heterocycles. The lowest BCUT2D eigenvalue weighted by Crippen LogP contribution is -2.42. The van der Waals surface area contributed by atoms with Gasteiger partial charge in [0.2, 0.25) is 0 Å². The van der Waals surface area contributed by atoms with Gasteiger partial charge in [0, 0.05) is 23.0 Å². The van der Waals surface area contributed by atoms with Gasteiger partial charge in [0.05, 0.1) is 5.69 Å². The van der Waals surface area contributed by atoms with Crippen LogP contribution in [-0.2, 0) is 0 Å². The smallest absolute Gasteiger partial charge is 0.166 e. The minimum Gasteiger partial charge on any atom is -0.489 e. The third-order valence-electron chi connectivity index (χ3n) is 4.96. The Morgan fingerprint density at radius 1 is 1.25 bits per heavy atom. The summed E-state index contributed by atoms with van der Waals surface area (Å²) in [7, 11) is 0. The molecule has 1 fully saturated rings. The lowest BCUT2D eigenvalue weighted by Gasteiger charge is -2.32. The number of nitrogens with two attached hydrogens (primary N) is 1. The van der Waals surface area contributed by atoms with Gasteiger partial charge in [0.25, 0.3) is 0 Å². The Balaban J connectivity index is 1.43. The number of aliphatic hydroxyl groups excluding tert-OH is 1. The second kappa shape index (κ2) is 9.37. The Hall–Kier alpha value is -2.15. The molecule has 150 valence electrons. The third-order valence-corrected chi connectivity index (χ3v) is 5.19. The Kier molecular flexibility index (Phi) is 6.88. The molecule has 3 rings (SSSR count). The fourth-order valence-electron chi connectivity index (χ4n) is 3.42. The van der Waals surface area contributed by atoms with E-state index in [-0.39, 0.29) is 24.1 Å². The SMILES string of the molecule is Nc1cc(Cl)ccc1OCC(O)CN1CCC(C(=O)c2ccc(F)cc2)CC1. The van der Waals surface area contributed by atoms with Crippen LogP contribution in [-0.4, -0.2) is 48.1 Å². The predicted molar refractivity (Wildman–Crippen MR) is 107 cm³/mol. The number of piperidine rings is 1. The Labute approximate surface area is 168 Å². The highest BCUT2D eigenvalue weighted by molar-refractivity contribution is 6.30. The number of hydrogen-bond acceptors (Lipinski definition) is 5. The first-order valence-electron chi connectivity index (χ1n) is 9.30. The maximum absolute atomic E-state index is 13.0. The number of Topliss-reactive ketones (excluding diaryl/α,β-unsaturated/α-hetero) is 1. The topological polar surface area (TPSA) is 75.8 Å². The Bertz CT molecular complexity index is 808. The number of halogens is 2. The summed E-state index contributed by atoms with van der Waals surface area (Å²) in [6.45, 7) is 2.03. The van der Waals surface area contributed by atoms with Gasteiger partial charge in [-0.2, -0.15) is 0 Å². The van der Waals surface area contributed by atoms with Gasteiger partial charge in [0.15, 0.2) is 5.78 Å². The maximum Gasteiger partial charge on any atom is 0.166 e. The van der Waals surface area contributed by atoms with Crippen molar-refractivity contribution in [3.63, 3.8) is 0 Å². The molecular weight excluding hydrogens is 383 g/mol. The molecule has 1 saturated heterocycles. The first-order chi connectivity index (χ1) is 13.4. The lowest BCUT2D eigenvalue weighted by molar-refractivity contribution is 0.0526. The van der Waals surface area contributed by atoms with Crippen LogP contribution in [0.3, 0.4) is 0 Å². The van der Waals surface area contributed by atoms with Crippen molar-refractivity contribution >= 4 is 23.1 Å². The van der Waals surface area contributed by atoms with Crippen molar-refractivity contribution in [1.82, 2.24) is 4.90 Å². The molecule has 1 atom stereocenters. The van der Waals surface area contributed by atoms with Crippen molar-refractivity contribution in [3.05, 3.63) is 58.9 Å². The van der Waals surface area contributed by atoms with Crippen molar-refractivity contribution < 1.29 is 19.0 Å². The normalized spacial score (nSPS) is 16.7. The first kappa shape index (κ1) is 20.6. The van der Waals surface area contributed by atoms with Crippen LogP contribution in [0.25, 0.3) is 0 Å². The summed E-state index contributed by atoms with van der Waals surface area (Å²) in [6.07, 6.45) is 0.765. The van der Waals surface area contributed by atoms with Crippen LogP contribution in [0.5, 0.6) is 5.75 Å². The van der Waals surface area contributed by atoms with Crippen LogP contribution in [0.15, 0.2) is 42.5 Å². The molecule has 28 heavy (non-hydrogen) atoms. The molecule has 1 unspecified atom stereocenters. The van der Waals surface area contributed by atoms with Crippen LogP contribution in [0, 0.1) is 11.7 Å². The van der Waals surface area contributed by atoms with Gasteiger partial charge in [-0.3, -0.25) is 4.79 Å². The van der Waals surface area contributed by atoms with E-state index in [2.05, 4.69) is 4.90 Å². The van der Waals surface area contributed by atoms with E-state index in [1.54, 1.807) is 18.2 Å². The Morgan fingerprint density at radius 2 is 1.93 bits per heavy atom. The number of nitrogen functional groups attached to an aromatic ring is 1. The number of aliphatic hydroxyl groups is 1. The van der Waals surface area contributed by atoms with E-state index in [9.17, 15) is 14.3 Å². The molecule has 7 heteroatoms. The van der Waals surface area contributed by atoms with Crippen LogP contribution in [0.1, 0.15) is 23.2 Å². The first-order valence-corrected chi connectivity index (χ1v) is 9.68. The minimum atomic E-state index is -0.667. The van der Waals surface area contributed by atoms with Gasteiger partial charge >= 0.3 is 0 Å². The zero-order valence-corrected chi connectivity index (χ0v) is 16.2. The Morgan fingerprint density at radius 3 is 2.57 bits per heavy atom. The number of β-amino-alcohol motifs (C(OH)–C–C–N with tert-alkyl or cyclic N) is 1. The predicted octanol–water partition coefficient (Wildman–Crippen LogP) is 3.40. The number of carbonyl (C=O) groups excluding carboxylic acids is 1. The molecule has 0 radical (unpaired) electrons. The number of ketones is 1. The summed E-state index contributed by atoms with van der Waals surface area (Å²) in [5.41, 5.74) is 6.82. The van der Waals surface area contributed by atoms with E-state index in [4.69, 9.17) is 22.1 Å². The van der Waals surface area contributed by atoms with Crippen molar-refractivity contribution in [3.8, 4) is 5.75 Å². The molecule has 2 aromatic carbocycles. The molecule has 1 aliphatic rings. The summed E-state index contributed by atoms with van der Waals surface area (Å²) < 4.78 is 18.6. The van der Waals surface area contributed by atoms with Crippen LogP contribution in [0.2, 0.25) is 5.02 Å². The number of anilines is 1. The molecule has 0 saturated carbocycles. The monoisotopic (exact) mass is 406 g/mol. The molecule has 0 amide bonds. The lowest BCUT2D eigenvalue weighted by atomic mass is 9.89. The standard InChI is InChI=1S/C21H24ClFN2O3/c22-16-3-6-20(19(24)11-16)28-13-18(26)12-25-9-7-15(8-10-25)21(27)14-1-4-17(23)5-2-14/h1-6,11,15,18,26H,7-10,12-13,24H2. The summed E-state index contributed by atoms with van der Waals surface area (Å²) in [4.78, 5) is 14.6. The quantitative estimate of drug-likeness (QED) is 0.544. The van der Waals surface area contributed by atoms with Gasteiger partial charge in [-0.15, -0.1) is 0 Å². The number of rotatable bonds is 7. The number of carbonyl (C=O) groups is 1. The van der Waals surface area contributed by atoms with Crippen molar-refractivity contribution in [2.45, 2.75) is 18.9 Å². The molecule has 3 N–H and O–H groups in total. The largest absolute Gasteiger partial charge is 0.489 e. The fourth-order valence-corrected chi connectivity index (χ4v) is 3.60. The van der Waals surface area contributed by atoms with Gasteiger partial charge < -0.3 is 20.5 Å². The van der Waals surface area contributed by atoms with E-state index < -0.39 is 6.10 Å². The average Bonchev–Trinajstić information content (AvgIpc) is 2.68. The molecule has 2 aromatic rings. The molecule has 1 aliphatic heterocycles. The second-order valence-corrected chi connectivity index (χ2v) is 7.53. The highest BCUT2D eigenvalue weighted by Crippen LogP contribution is 2.25. The zero-order valence-electron chi connectivity index (χ0n) is 15.5. The minimum absolute atomic E-state index is 0.0572.